The molecule has 3 rings (SSSR count). The molecule has 0 amide bonds. The van der Waals surface area contributed by atoms with Crippen LogP contribution in [0.15, 0.2) is 30.3 Å². The summed E-state index contributed by atoms with van der Waals surface area (Å²) in [5.41, 5.74) is -0.126. The van der Waals surface area contributed by atoms with E-state index >= 15 is 0 Å². The van der Waals surface area contributed by atoms with Crippen LogP contribution in [0, 0.1) is 5.92 Å². The Morgan fingerprint density at radius 1 is 1.20 bits per heavy atom. The first kappa shape index (κ1) is 9.28. The first-order chi connectivity index (χ1) is 7.19. The Balaban J connectivity index is 2.04. The highest BCUT2D eigenvalue weighted by Gasteiger charge is 2.80. The van der Waals surface area contributed by atoms with Crippen LogP contribution in [0.2, 0.25) is 0 Å². The smallest absolute Gasteiger partial charge is 0.263 e. The maximum absolute atomic E-state index is 13.8. The molecule has 1 aromatic carbocycles. The molecular formula is C12H13F2N. The monoisotopic (exact) mass is 209 g/mol. The third-order valence-electron chi connectivity index (χ3n) is 3.85. The number of alkyl halides is 2. The molecule has 1 saturated carbocycles. The second kappa shape index (κ2) is 2.79. The molecule has 2 aliphatic rings. The zero-order valence-corrected chi connectivity index (χ0v) is 8.34. The Bertz CT molecular complexity index is 376. The van der Waals surface area contributed by atoms with Gasteiger partial charge in [-0.3, -0.25) is 0 Å². The minimum Gasteiger partial charge on any atom is -0.316 e. The molecule has 1 heterocycles. The third kappa shape index (κ3) is 0.991. The summed E-state index contributed by atoms with van der Waals surface area (Å²) < 4.78 is 27.6. The molecule has 80 valence electrons. The quantitative estimate of drug-likeness (QED) is 0.747. The lowest BCUT2D eigenvalue weighted by Crippen LogP contribution is -2.35. The highest BCUT2D eigenvalue weighted by molar-refractivity contribution is 5.42. The number of hydrogen-bond donors (Lipinski definition) is 1. The summed E-state index contributed by atoms with van der Waals surface area (Å²) in [6.45, 7) is 1.13. The fourth-order valence-corrected chi connectivity index (χ4v) is 2.96. The summed E-state index contributed by atoms with van der Waals surface area (Å²) in [6, 6.07) is 9.18. The minimum atomic E-state index is -2.52. The Morgan fingerprint density at radius 3 is 2.60 bits per heavy atom. The lowest BCUT2D eigenvalue weighted by Gasteiger charge is -2.21. The molecule has 1 aliphatic carbocycles. The second-order valence-corrected chi connectivity index (χ2v) is 4.48. The van der Waals surface area contributed by atoms with Gasteiger partial charge in [-0.05, 0) is 18.5 Å². The summed E-state index contributed by atoms with van der Waals surface area (Å²) in [7, 11) is 0. The van der Waals surface area contributed by atoms with Crippen molar-refractivity contribution in [2.75, 3.05) is 13.1 Å². The standard InChI is InChI=1S/C12H13F2N/c13-12(14)10-6-7-15-8-11(10,12)9-4-2-1-3-5-9/h1-5,10,15H,6-8H2/t10-,11+/m1/s1. The number of hydrogen-bond acceptors (Lipinski definition) is 1. The average Bonchev–Trinajstić information content (AvgIpc) is 2.80. The van der Waals surface area contributed by atoms with E-state index in [0.717, 1.165) is 12.1 Å². The average molecular weight is 209 g/mol. The van der Waals surface area contributed by atoms with Crippen LogP contribution in [-0.4, -0.2) is 19.0 Å². The fourth-order valence-electron chi connectivity index (χ4n) is 2.96. The maximum atomic E-state index is 13.8. The van der Waals surface area contributed by atoms with Gasteiger partial charge in [0.05, 0.1) is 5.41 Å². The normalized spacial score (nSPS) is 37.1. The lowest BCUT2D eigenvalue weighted by molar-refractivity contribution is 0.0787. The van der Waals surface area contributed by atoms with Crippen molar-refractivity contribution < 1.29 is 8.78 Å². The van der Waals surface area contributed by atoms with Crippen LogP contribution in [-0.2, 0) is 5.41 Å². The highest BCUT2D eigenvalue weighted by Crippen LogP contribution is 2.68. The zero-order chi connectivity index (χ0) is 10.5. The largest absolute Gasteiger partial charge is 0.316 e. The molecule has 0 bridgehead atoms. The molecule has 1 N–H and O–H groups in total. The van der Waals surface area contributed by atoms with E-state index in [0.29, 0.717) is 13.0 Å². The number of halogens is 2. The van der Waals surface area contributed by atoms with Gasteiger partial charge in [-0.2, -0.15) is 0 Å². The topological polar surface area (TPSA) is 12.0 Å². The van der Waals surface area contributed by atoms with E-state index in [2.05, 4.69) is 5.32 Å². The predicted molar refractivity (Wildman–Crippen MR) is 54.0 cm³/mol. The van der Waals surface area contributed by atoms with Crippen molar-refractivity contribution in [2.24, 2.45) is 5.92 Å². The van der Waals surface area contributed by atoms with Crippen molar-refractivity contribution in [1.29, 1.82) is 0 Å². The summed E-state index contributed by atoms with van der Waals surface area (Å²) in [4.78, 5) is 0. The van der Waals surface area contributed by atoms with E-state index in [1.807, 2.05) is 30.3 Å². The van der Waals surface area contributed by atoms with Gasteiger partial charge in [0.2, 0.25) is 0 Å². The van der Waals surface area contributed by atoms with E-state index in [1.165, 1.54) is 0 Å². The maximum Gasteiger partial charge on any atom is 0.263 e. The number of benzene rings is 1. The highest BCUT2D eigenvalue weighted by atomic mass is 19.3. The van der Waals surface area contributed by atoms with E-state index < -0.39 is 17.3 Å². The van der Waals surface area contributed by atoms with Crippen LogP contribution >= 0.6 is 0 Å². The summed E-state index contributed by atoms with van der Waals surface area (Å²) in [5, 5.41) is 3.09. The molecule has 1 saturated heterocycles. The first-order valence-corrected chi connectivity index (χ1v) is 5.33. The first-order valence-electron chi connectivity index (χ1n) is 5.33. The Kier molecular flexibility index (Phi) is 1.72. The van der Waals surface area contributed by atoms with Crippen molar-refractivity contribution in [1.82, 2.24) is 5.32 Å². The van der Waals surface area contributed by atoms with Gasteiger partial charge in [-0.25, -0.2) is 8.78 Å². The molecule has 2 fully saturated rings. The van der Waals surface area contributed by atoms with E-state index in [9.17, 15) is 8.78 Å². The van der Waals surface area contributed by atoms with Gasteiger partial charge in [0.15, 0.2) is 0 Å². The summed E-state index contributed by atoms with van der Waals surface area (Å²) >= 11 is 0. The van der Waals surface area contributed by atoms with Gasteiger partial charge in [0.1, 0.15) is 0 Å². The van der Waals surface area contributed by atoms with Gasteiger partial charge in [0, 0.05) is 12.5 Å². The molecule has 15 heavy (non-hydrogen) atoms. The lowest BCUT2D eigenvalue weighted by atomic mass is 9.90. The van der Waals surface area contributed by atoms with Gasteiger partial charge < -0.3 is 5.32 Å². The zero-order valence-electron chi connectivity index (χ0n) is 8.34. The summed E-state index contributed by atoms with van der Waals surface area (Å²) in [6.07, 6.45) is 0.585. The third-order valence-corrected chi connectivity index (χ3v) is 3.85. The molecular weight excluding hydrogens is 196 g/mol. The SMILES string of the molecule is FC1(F)[C@@H]2CCNC[C@]21c1ccccc1. The van der Waals surface area contributed by atoms with Crippen LogP contribution in [0.4, 0.5) is 8.78 Å². The Hall–Kier alpha value is -0.960. The number of fused-ring (bicyclic) bond motifs is 1. The minimum absolute atomic E-state index is 0.411. The molecule has 0 aromatic heterocycles. The van der Waals surface area contributed by atoms with E-state index in [1.54, 1.807) is 0 Å². The van der Waals surface area contributed by atoms with Gasteiger partial charge in [-0.15, -0.1) is 0 Å². The van der Waals surface area contributed by atoms with Crippen molar-refractivity contribution in [3.8, 4) is 0 Å². The van der Waals surface area contributed by atoms with Gasteiger partial charge in [-0.1, -0.05) is 30.3 Å². The van der Waals surface area contributed by atoms with E-state index in [4.69, 9.17) is 0 Å². The molecule has 1 aromatic rings. The number of nitrogens with one attached hydrogen (secondary N) is 1. The van der Waals surface area contributed by atoms with E-state index in [-0.39, 0.29) is 0 Å². The number of piperidine rings is 1. The van der Waals surface area contributed by atoms with Crippen molar-refractivity contribution in [3.63, 3.8) is 0 Å². The molecule has 2 atom stereocenters. The van der Waals surface area contributed by atoms with Crippen molar-refractivity contribution in [3.05, 3.63) is 35.9 Å². The molecule has 1 aliphatic heterocycles. The van der Waals surface area contributed by atoms with Crippen molar-refractivity contribution in [2.45, 2.75) is 17.8 Å². The molecule has 1 nitrogen and oxygen atoms in total. The second-order valence-electron chi connectivity index (χ2n) is 4.48. The van der Waals surface area contributed by atoms with Crippen LogP contribution in [0.25, 0.3) is 0 Å². The molecule has 0 spiro atoms. The molecule has 3 heteroatoms. The fraction of sp³-hybridized carbons (Fsp3) is 0.500. The van der Waals surface area contributed by atoms with Crippen molar-refractivity contribution >= 4 is 0 Å². The predicted octanol–water partition coefficient (Wildman–Crippen LogP) is 2.18. The van der Waals surface area contributed by atoms with Gasteiger partial charge in [0.25, 0.3) is 5.92 Å². The van der Waals surface area contributed by atoms with Crippen LogP contribution in [0.3, 0.4) is 0 Å². The summed E-state index contributed by atoms with van der Waals surface area (Å²) in [5.74, 6) is -2.97. The number of rotatable bonds is 1. The molecule has 0 unspecified atom stereocenters. The van der Waals surface area contributed by atoms with Gasteiger partial charge >= 0.3 is 0 Å². The van der Waals surface area contributed by atoms with Crippen LogP contribution in [0.1, 0.15) is 12.0 Å². The molecule has 0 radical (unpaired) electrons. The van der Waals surface area contributed by atoms with Crippen LogP contribution < -0.4 is 5.32 Å². The van der Waals surface area contributed by atoms with Crippen LogP contribution in [0.5, 0.6) is 0 Å². The Labute approximate surface area is 87.5 Å². The Morgan fingerprint density at radius 2 is 1.93 bits per heavy atom.